The SMILES string of the molecule is COc1ccc(C[C@H]2COC(=O)[C@@H]2Cc2ccc(OC(=O)N[C@H]3CCN(C(=O)[C@@H](N)COC(=O)NC45CC6CC(C)(CC(C)(C6)C4)C5)C3)c(OC)c2)cc1OC. The molecule has 6 atom stereocenters. The maximum atomic E-state index is 13.2. The maximum Gasteiger partial charge on any atom is 0.413 e. The lowest BCUT2D eigenvalue weighted by Gasteiger charge is -2.65. The average molecular weight is 777 g/mol. The van der Waals surface area contributed by atoms with Gasteiger partial charge in [0.15, 0.2) is 23.0 Å². The topological polar surface area (TPSA) is 177 Å². The Morgan fingerprint density at radius 3 is 2.18 bits per heavy atom. The van der Waals surface area contributed by atoms with Gasteiger partial charge in [-0.1, -0.05) is 26.0 Å². The molecule has 3 amide bonds. The predicted molar refractivity (Wildman–Crippen MR) is 205 cm³/mol. The van der Waals surface area contributed by atoms with E-state index in [9.17, 15) is 19.2 Å². The fourth-order valence-electron chi connectivity index (χ4n) is 11.2. The molecular weight excluding hydrogens is 720 g/mol. The standard InChI is InChI=1S/C42H56N4O10/c1-40-16-27-17-41(2,22-40)24-42(18-27,23-40)45-39(50)55-21-31(43)36(47)46-11-10-29(19-46)44-38(49)56-33-9-7-26(15-35(33)53-5)13-30-28(20-54-37(30)48)12-25-6-8-32(51-3)34(14-25)52-4/h6-9,14-15,27-31H,10-13,16-24,43H2,1-5H3,(H,44,49)(H,45,50)/t27?,28-,29-,30+,31-,40?,41?,42?/m0/s1. The van der Waals surface area contributed by atoms with Crippen molar-refractivity contribution in [2.24, 2.45) is 34.3 Å². The second kappa shape index (κ2) is 15.7. The molecule has 8 rings (SSSR count). The van der Waals surface area contributed by atoms with Crippen molar-refractivity contribution >= 4 is 24.1 Å². The molecule has 14 nitrogen and oxygen atoms in total. The number of hydrogen-bond donors (Lipinski definition) is 3. The van der Waals surface area contributed by atoms with Gasteiger partial charge in [0.1, 0.15) is 12.6 Å². The molecule has 4 bridgehead atoms. The smallest absolute Gasteiger partial charge is 0.413 e. The zero-order chi connectivity index (χ0) is 39.8. The Morgan fingerprint density at radius 1 is 0.875 bits per heavy atom. The number of amides is 3. The lowest BCUT2D eigenvalue weighted by atomic mass is 9.43. The van der Waals surface area contributed by atoms with Crippen molar-refractivity contribution in [1.82, 2.24) is 15.5 Å². The van der Waals surface area contributed by atoms with Gasteiger partial charge in [0.05, 0.1) is 39.9 Å². The molecule has 6 aliphatic rings. The van der Waals surface area contributed by atoms with Crippen molar-refractivity contribution in [2.75, 3.05) is 47.6 Å². The lowest BCUT2D eigenvalue weighted by molar-refractivity contribution is -0.141. The largest absolute Gasteiger partial charge is 0.493 e. The number of alkyl carbamates (subject to hydrolysis) is 1. The molecular formula is C42H56N4O10. The highest BCUT2D eigenvalue weighted by molar-refractivity contribution is 5.83. The van der Waals surface area contributed by atoms with Crippen LogP contribution in [0.4, 0.5) is 9.59 Å². The van der Waals surface area contributed by atoms with Gasteiger partial charge in [0.25, 0.3) is 0 Å². The first-order chi connectivity index (χ1) is 26.7. The summed E-state index contributed by atoms with van der Waals surface area (Å²) in [4.78, 5) is 53.5. The van der Waals surface area contributed by atoms with E-state index < -0.39 is 18.2 Å². The van der Waals surface area contributed by atoms with E-state index in [4.69, 9.17) is 34.2 Å². The number of nitrogens with two attached hydrogens (primary N) is 1. The number of carbonyl (C=O) groups is 4. The van der Waals surface area contributed by atoms with Crippen LogP contribution < -0.4 is 35.3 Å². The third-order valence-electron chi connectivity index (χ3n) is 12.7. The monoisotopic (exact) mass is 776 g/mol. The van der Waals surface area contributed by atoms with Crippen LogP contribution in [0.5, 0.6) is 23.0 Å². The number of methoxy groups -OCH3 is 3. The molecule has 2 aliphatic heterocycles. The predicted octanol–water partition coefficient (Wildman–Crippen LogP) is 4.78. The van der Waals surface area contributed by atoms with E-state index in [1.54, 1.807) is 37.3 Å². The molecule has 4 N–H and O–H groups in total. The van der Waals surface area contributed by atoms with Crippen molar-refractivity contribution in [2.45, 2.75) is 89.3 Å². The third-order valence-corrected chi connectivity index (χ3v) is 12.7. The van der Waals surface area contributed by atoms with Crippen LogP contribution >= 0.6 is 0 Å². The Labute approximate surface area is 328 Å². The molecule has 0 spiro atoms. The first kappa shape index (κ1) is 39.5. The van der Waals surface area contributed by atoms with Crippen molar-refractivity contribution in [3.05, 3.63) is 47.5 Å². The Morgan fingerprint density at radius 2 is 1.52 bits per heavy atom. The number of hydrogen-bond acceptors (Lipinski definition) is 11. The molecule has 2 unspecified atom stereocenters. The highest BCUT2D eigenvalue weighted by atomic mass is 16.6. The average Bonchev–Trinajstić information content (AvgIpc) is 3.74. The molecule has 2 saturated heterocycles. The fourth-order valence-corrected chi connectivity index (χ4v) is 11.2. The van der Waals surface area contributed by atoms with E-state index in [1.165, 1.54) is 26.4 Å². The maximum absolute atomic E-state index is 13.2. The Bertz CT molecular complexity index is 1820. The molecule has 4 saturated carbocycles. The van der Waals surface area contributed by atoms with Crippen LogP contribution in [0.3, 0.4) is 0 Å². The van der Waals surface area contributed by atoms with Gasteiger partial charge < -0.3 is 49.7 Å². The number of likely N-dealkylation sites (tertiary alicyclic amines) is 1. The van der Waals surface area contributed by atoms with E-state index in [0.29, 0.717) is 55.6 Å². The molecule has 304 valence electrons. The van der Waals surface area contributed by atoms with Crippen LogP contribution in [0.2, 0.25) is 0 Å². The number of ether oxygens (including phenoxy) is 6. The second-order valence-corrected chi connectivity index (χ2v) is 17.6. The molecule has 4 aliphatic carbocycles. The minimum Gasteiger partial charge on any atom is -0.493 e. The molecule has 2 aromatic carbocycles. The molecule has 0 radical (unpaired) electrons. The summed E-state index contributed by atoms with van der Waals surface area (Å²) in [5.41, 5.74) is 8.27. The summed E-state index contributed by atoms with van der Waals surface area (Å²) in [6, 6.07) is 9.53. The number of cyclic esters (lactones) is 1. The lowest BCUT2D eigenvalue weighted by Crippen LogP contribution is -2.65. The summed E-state index contributed by atoms with van der Waals surface area (Å²) >= 11 is 0. The van der Waals surface area contributed by atoms with E-state index in [1.807, 2.05) is 18.2 Å². The molecule has 56 heavy (non-hydrogen) atoms. The minimum absolute atomic E-state index is 0.0449. The van der Waals surface area contributed by atoms with Gasteiger partial charge >= 0.3 is 18.2 Å². The quantitative estimate of drug-likeness (QED) is 0.239. The van der Waals surface area contributed by atoms with E-state index >= 15 is 0 Å². The summed E-state index contributed by atoms with van der Waals surface area (Å²) < 4.78 is 32.9. The fraction of sp³-hybridized carbons (Fsp3) is 0.619. The van der Waals surface area contributed by atoms with E-state index in [0.717, 1.165) is 30.4 Å². The van der Waals surface area contributed by atoms with Gasteiger partial charge in [0, 0.05) is 24.5 Å². The minimum atomic E-state index is -1.02. The molecule has 14 heteroatoms. The highest BCUT2D eigenvalue weighted by Gasteiger charge is 2.60. The summed E-state index contributed by atoms with van der Waals surface area (Å²) in [6.07, 6.45) is 6.86. The van der Waals surface area contributed by atoms with Crippen LogP contribution in [0, 0.1) is 28.6 Å². The summed E-state index contributed by atoms with van der Waals surface area (Å²) in [6.45, 7) is 5.40. The van der Waals surface area contributed by atoms with Crippen LogP contribution in [-0.2, 0) is 31.9 Å². The normalized spacial score (nSPS) is 30.7. The van der Waals surface area contributed by atoms with E-state index in [-0.39, 0.29) is 65.0 Å². The van der Waals surface area contributed by atoms with Crippen LogP contribution in [0.15, 0.2) is 36.4 Å². The van der Waals surface area contributed by atoms with Crippen molar-refractivity contribution in [3.63, 3.8) is 0 Å². The molecule has 0 aromatic heterocycles. The van der Waals surface area contributed by atoms with Crippen molar-refractivity contribution in [3.8, 4) is 23.0 Å². The zero-order valence-electron chi connectivity index (χ0n) is 33.2. The summed E-state index contributed by atoms with van der Waals surface area (Å²) in [5, 5.41) is 6.02. The van der Waals surface area contributed by atoms with Crippen molar-refractivity contribution in [1.29, 1.82) is 0 Å². The van der Waals surface area contributed by atoms with Crippen LogP contribution in [0.25, 0.3) is 0 Å². The number of nitrogens with zero attached hydrogens (tertiary/aromatic N) is 1. The van der Waals surface area contributed by atoms with Gasteiger partial charge in [-0.15, -0.1) is 0 Å². The zero-order valence-corrected chi connectivity index (χ0v) is 33.2. The second-order valence-electron chi connectivity index (χ2n) is 17.6. The van der Waals surface area contributed by atoms with Gasteiger partial charge in [-0.25, -0.2) is 9.59 Å². The summed E-state index contributed by atoms with van der Waals surface area (Å²) in [7, 11) is 4.65. The van der Waals surface area contributed by atoms with Gasteiger partial charge in [0.2, 0.25) is 5.91 Å². The number of rotatable bonds is 13. The number of nitrogens with one attached hydrogen (secondary N) is 2. The van der Waals surface area contributed by atoms with Crippen LogP contribution in [-0.4, -0.2) is 94.2 Å². The number of esters is 1. The number of benzene rings is 2. The molecule has 2 aromatic rings. The van der Waals surface area contributed by atoms with Gasteiger partial charge in [-0.3, -0.25) is 9.59 Å². The Balaban J connectivity index is 0.867. The highest BCUT2D eigenvalue weighted by Crippen LogP contribution is 2.66. The number of carbonyl (C=O) groups excluding carboxylic acids is 4. The molecule has 2 heterocycles. The summed E-state index contributed by atoms with van der Waals surface area (Å²) in [5.74, 6) is 1.41. The van der Waals surface area contributed by atoms with Gasteiger partial charge in [-0.05, 0) is 110 Å². The third kappa shape index (κ3) is 8.50. The Kier molecular flexibility index (Phi) is 11.1. The van der Waals surface area contributed by atoms with Crippen LogP contribution in [0.1, 0.15) is 69.9 Å². The van der Waals surface area contributed by atoms with Gasteiger partial charge in [-0.2, -0.15) is 0 Å². The Hall–Kier alpha value is -4.72. The first-order valence-corrected chi connectivity index (χ1v) is 19.7. The van der Waals surface area contributed by atoms with Crippen molar-refractivity contribution < 1.29 is 47.6 Å². The first-order valence-electron chi connectivity index (χ1n) is 19.7. The molecule has 6 fully saturated rings. The van der Waals surface area contributed by atoms with E-state index in [2.05, 4.69) is 24.5 Å².